The Bertz CT molecular complexity index is 603. The van der Waals surface area contributed by atoms with E-state index in [-0.39, 0.29) is 5.56 Å². The van der Waals surface area contributed by atoms with Gasteiger partial charge in [-0.25, -0.2) is 19.6 Å². The predicted octanol–water partition coefficient (Wildman–Crippen LogP) is 1.52. The number of amides is 1. The number of halogens is 2. The summed E-state index contributed by atoms with van der Waals surface area (Å²) >= 11 is 0. The zero-order valence-corrected chi connectivity index (χ0v) is 9.86. The molecular formula is C12H12F2N4O. The summed E-state index contributed by atoms with van der Waals surface area (Å²) in [4.78, 5) is 16.1. The predicted molar refractivity (Wildman–Crippen MR) is 67.9 cm³/mol. The van der Waals surface area contributed by atoms with Gasteiger partial charge in [0.25, 0.3) is 12.3 Å². The molecule has 0 aliphatic carbocycles. The highest BCUT2D eigenvalue weighted by Gasteiger charge is 2.14. The van der Waals surface area contributed by atoms with Crippen molar-refractivity contribution >= 4 is 22.6 Å². The highest BCUT2D eigenvalue weighted by Crippen LogP contribution is 2.20. The summed E-state index contributed by atoms with van der Waals surface area (Å²) in [6.45, 7) is -0.694. The summed E-state index contributed by atoms with van der Waals surface area (Å²) in [5.41, 5.74) is 3.14. The topological polar surface area (TPSA) is 80.0 Å². The molecule has 2 aromatic rings. The Labute approximate surface area is 107 Å². The minimum atomic E-state index is -2.59. The van der Waals surface area contributed by atoms with Crippen LogP contribution in [0.15, 0.2) is 30.3 Å². The monoisotopic (exact) mass is 266 g/mol. The van der Waals surface area contributed by atoms with Crippen LogP contribution in [-0.4, -0.2) is 23.9 Å². The highest BCUT2D eigenvalue weighted by atomic mass is 19.3. The van der Waals surface area contributed by atoms with Crippen LogP contribution in [0.1, 0.15) is 10.4 Å². The van der Waals surface area contributed by atoms with Gasteiger partial charge in [0.05, 0.1) is 17.6 Å². The van der Waals surface area contributed by atoms with Gasteiger partial charge >= 0.3 is 0 Å². The molecule has 0 spiro atoms. The fourth-order valence-corrected chi connectivity index (χ4v) is 1.70. The maximum absolute atomic E-state index is 12.1. The summed E-state index contributed by atoms with van der Waals surface area (Å²) in [5, 5.41) is 2.73. The third kappa shape index (κ3) is 2.94. The van der Waals surface area contributed by atoms with Crippen molar-refractivity contribution < 1.29 is 13.6 Å². The zero-order valence-electron chi connectivity index (χ0n) is 9.86. The molecule has 0 atom stereocenters. The van der Waals surface area contributed by atoms with Crippen LogP contribution in [0.25, 0.3) is 10.9 Å². The first kappa shape index (κ1) is 13.2. The van der Waals surface area contributed by atoms with Gasteiger partial charge in [-0.2, -0.15) is 0 Å². The number of nitrogen functional groups attached to an aromatic ring is 1. The van der Waals surface area contributed by atoms with Gasteiger partial charge in [0, 0.05) is 5.39 Å². The lowest BCUT2D eigenvalue weighted by molar-refractivity contribution is 0.0893. The van der Waals surface area contributed by atoms with Crippen molar-refractivity contribution in [1.82, 2.24) is 10.3 Å². The van der Waals surface area contributed by atoms with Crippen LogP contribution >= 0.6 is 0 Å². The second-order valence-corrected chi connectivity index (χ2v) is 3.82. The van der Waals surface area contributed by atoms with Gasteiger partial charge in [-0.15, -0.1) is 0 Å². The minimum Gasteiger partial charge on any atom is -0.346 e. The van der Waals surface area contributed by atoms with Gasteiger partial charge in [0.15, 0.2) is 0 Å². The van der Waals surface area contributed by atoms with Crippen molar-refractivity contribution in [3.05, 3.63) is 35.9 Å². The van der Waals surface area contributed by atoms with Crippen molar-refractivity contribution in [3.8, 4) is 0 Å². The molecule has 100 valence electrons. The Hall–Kier alpha value is -2.28. The Morgan fingerprint density at radius 2 is 2.11 bits per heavy atom. The molecule has 1 amide bonds. The van der Waals surface area contributed by atoms with Crippen LogP contribution in [0, 0.1) is 0 Å². The highest BCUT2D eigenvalue weighted by molar-refractivity contribution is 6.06. The molecule has 0 radical (unpaired) electrons. The number of nitrogens with two attached hydrogens (primary N) is 1. The molecule has 2 rings (SSSR count). The molecule has 1 aromatic carbocycles. The van der Waals surface area contributed by atoms with E-state index in [1.165, 1.54) is 6.07 Å². The normalized spacial score (nSPS) is 10.7. The molecule has 5 nitrogen and oxygen atoms in total. The lowest BCUT2D eigenvalue weighted by Gasteiger charge is -2.09. The number of rotatable bonds is 4. The molecule has 0 unspecified atom stereocenters. The van der Waals surface area contributed by atoms with E-state index < -0.39 is 18.9 Å². The summed E-state index contributed by atoms with van der Waals surface area (Å²) in [6.07, 6.45) is -2.59. The zero-order chi connectivity index (χ0) is 13.8. The van der Waals surface area contributed by atoms with E-state index in [1.54, 1.807) is 24.3 Å². The summed E-state index contributed by atoms with van der Waals surface area (Å²) in [6, 6.07) is 8.32. The second kappa shape index (κ2) is 5.57. The third-order valence-corrected chi connectivity index (χ3v) is 2.53. The molecule has 0 fully saturated rings. The van der Waals surface area contributed by atoms with E-state index in [2.05, 4.69) is 15.7 Å². The molecule has 0 bridgehead atoms. The number of hydrogen-bond donors (Lipinski definition) is 3. The molecule has 19 heavy (non-hydrogen) atoms. The Morgan fingerprint density at radius 3 is 2.79 bits per heavy atom. The van der Waals surface area contributed by atoms with E-state index in [0.29, 0.717) is 16.7 Å². The van der Waals surface area contributed by atoms with Crippen LogP contribution < -0.4 is 16.6 Å². The van der Waals surface area contributed by atoms with Gasteiger partial charge in [-0.1, -0.05) is 18.2 Å². The van der Waals surface area contributed by atoms with Gasteiger partial charge in [0.2, 0.25) is 0 Å². The maximum Gasteiger partial charge on any atom is 0.255 e. The molecule has 0 saturated carbocycles. The van der Waals surface area contributed by atoms with Gasteiger partial charge in [-0.3, -0.25) is 4.79 Å². The Kier molecular flexibility index (Phi) is 3.86. The molecule has 1 aromatic heterocycles. The quantitative estimate of drug-likeness (QED) is 0.579. The number of nitrogens with zero attached hydrogens (tertiary/aromatic N) is 1. The average molecular weight is 266 g/mol. The van der Waals surface area contributed by atoms with E-state index in [0.717, 1.165) is 0 Å². The number of aromatic nitrogens is 1. The number of benzene rings is 1. The van der Waals surface area contributed by atoms with Gasteiger partial charge < -0.3 is 10.7 Å². The summed E-state index contributed by atoms with van der Waals surface area (Å²) < 4.78 is 24.2. The fraction of sp³-hybridized carbons (Fsp3) is 0.167. The van der Waals surface area contributed by atoms with Crippen LogP contribution in [0.5, 0.6) is 0 Å². The molecule has 4 N–H and O–H groups in total. The van der Waals surface area contributed by atoms with Crippen LogP contribution in [0.2, 0.25) is 0 Å². The molecule has 0 aliphatic rings. The smallest absolute Gasteiger partial charge is 0.255 e. The molecule has 7 heteroatoms. The minimum absolute atomic E-state index is 0.249. The van der Waals surface area contributed by atoms with Crippen LogP contribution in [0.4, 0.5) is 14.6 Å². The molecule has 0 aliphatic heterocycles. The number of carbonyl (C=O) groups excluding carboxylic acids is 1. The summed E-state index contributed by atoms with van der Waals surface area (Å²) in [5.74, 6) is 4.97. The maximum atomic E-state index is 12.1. The first-order chi connectivity index (χ1) is 9.11. The van der Waals surface area contributed by atoms with Crippen molar-refractivity contribution in [2.75, 3.05) is 12.0 Å². The largest absolute Gasteiger partial charge is 0.346 e. The first-order valence-corrected chi connectivity index (χ1v) is 5.54. The number of nitrogens with one attached hydrogen (secondary N) is 2. The van der Waals surface area contributed by atoms with Gasteiger partial charge in [-0.05, 0) is 12.1 Å². The molecule has 0 saturated heterocycles. The number of hydrogen-bond acceptors (Lipinski definition) is 4. The number of fused-ring (bicyclic) bond motifs is 1. The van der Waals surface area contributed by atoms with Crippen molar-refractivity contribution in [1.29, 1.82) is 0 Å². The van der Waals surface area contributed by atoms with E-state index in [4.69, 9.17) is 5.84 Å². The Morgan fingerprint density at radius 1 is 1.37 bits per heavy atom. The van der Waals surface area contributed by atoms with E-state index in [9.17, 15) is 13.6 Å². The van der Waals surface area contributed by atoms with Crippen LogP contribution in [-0.2, 0) is 0 Å². The van der Waals surface area contributed by atoms with Crippen molar-refractivity contribution in [2.24, 2.45) is 5.84 Å². The number of hydrazine groups is 1. The first-order valence-electron chi connectivity index (χ1n) is 5.54. The lowest BCUT2D eigenvalue weighted by atomic mass is 10.1. The Balaban J connectivity index is 2.42. The van der Waals surface area contributed by atoms with Gasteiger partial charge in [0.1, 0.15) is 5.82 Å². The number of anilines is 1. The van der Waals surface area contributed by atoms with Crippen LogP contribution in [0.3, 0.4) is 0 Å². The lowest BCUT2D eigenvalue weighted by Crippen LogP contribution is -2.28. The third-order valence-electron chi connectivity index (χ3n) is 2.53. The second-order valence-electron chi connectivity index (χ2n) is 3.82. The SMILES string of the molecule is NNc1cc(C(=O)NCC(F)F)c2ccccc2n1. The summed E-state index contributed by atoms with van der Waals surface area (Å²) in [7, 11) is 0. The van der Waals surface area contributed by atoms with E-state index in [1.807, 2.05) is 0 Å². The van der Waals surface area contributed by atoms with Crippen molar-refractivity contribution in [2.45, 2.75) is 6.43 Å². The standard InChI is InChI=1S/C12H12F2N4O/c13-10(14)6-16-12(19)8-5-11(18-15)17-9-4-2-1-3-7(8)9/h1-5,10H,6,15H2,(H,16,19)(H,17,18). The number of para-hydroxylation sites is 1. The molecular weight excluding hydrogens is 254 g/mol. The number of alkyl halides is 2. The van der Waals surface area contributed by atoms with Crippen molar-refractivity contribution in [3.63, 3.8) is 0 Å². The number of carbonyl (C=O) groups is 1. The fourth-order valence-electron chi connectivity index (χ4n) is 1.70. The number of pyridine rings is 1. The molecule has 1 heterocycles. The van der Waals surface area contributed by atoms with E-state index >= 15 is 0 Å². The average Bonchev–Trinajstić information content (AvgIpc) is 2.43.